The van der Waals surface area contributed by atoms with Crippen molar-refractivity contribution >= 4 is 48.9 Å². The van der Waals surface area contributed by atoms with Crippen LogP contribution >= 0.6 is 0 Å². The second-order valence-electron chi connectivity index (χ2n) is 20.9. The highest BCUT2D eigenvalue weighted by Crippen LogP contribution is 2.63. The predicted octanol–water partition coefficient (Wildman–Crippen LogP) is 14.3. The van der Waals surface area contributed by atoms with Gasteiger partial charge < -0.3 is 4.40 Å². The first-order chi connectivity index (χ1) is 30.5. The summed E-state index contributed by atoms with van der Waals surface area (Å²) in [5.41, 5.74) is 22.6. The molecule has 3 nitrogen and oxygen atoms in total. The van der Waals surface area contributed by atoms with Crippen LogP contribution in [0.3, 0.4) is 0 Å². The minimum atomic E-state index is -0.148. The molecule has 2 aromatic heterocycles. The van der Waals surface area contributed by atoms with Gasteiger partial charge in [0.2, 0.25) is 0 Å². The van der Waals surface area contributed by atoms with Crippen molar-refractivity contribution in [3.8, 4) is 12.1 Å². The van der Waals surface area contributed by atoms with Gasteiger partial charge in [0, 0.05) is 45.2 Å². The molecule has 2 heterocycles. The number of aromatic nitrogens is 1. The van der Waals surface area contributed by atoms with Crippen LogP contribution in [0.15, 0.2) is 127 Å². The fraction of sp³-hybridized carbons (Fsp3) is 0.200. The summed E-state index contributed by atoms with van der Waals surface area (Å²) in [6.45, 7) is 14.1. The minimum absolute atomic E-state index is 0.0161. The van der Waals surface area contributed by atoms with Crippen molar-refractivity contribution in [1.29, 1.82) is 10.5 Å². The van der Waals surface area contributed by atoms with E-state index < -0.39 is 0 Å². The number of fused-ring (bicyclic) bond motifs is 8. The minimum Gasteiger partial charge on any atom is -0.308 e. The summed E-state index contributed by atoms with van der Waals surface area (Å²) >= 11 is 0. The molecule has 0 saturated carbocycles. The summed E-state index contributed by atoms with van der Waals surface area (Å²) in [6.07, 6.45) is 0. The number of benzene rings is 8. The second kappa shape index (κ2) is 11.4. The average molecular weight is 806 g/mol. The molecule has 0 atom stereocenters. The molecule has 63 heavy (non-hydrogen) atoms. The Kier molecular flexibility index (Phi) is 6.42. The van der Waals surface area contributed by atoms with Gasteiger partial charge in [0.15, 0.2) is 0 Å². The van der Waals surface area contributed by atoms with Gasteiger partial charge >= 0.3 is 0 Å². The van der Waals surface area contributed by atoms with Crippen molar-refractivity contribution < 1.29 is 0 Å². The standard InChI is InChI=1S/C60H43N3/c1-59(2,3)32-25-42-41(44(26-32)60(4,5)6)27-43-53-45(23-30(28-61)47-49-33-15-7-11-19-37(33)51(56(47)53)38-20-12-8-16-34(38)49)63-46-24-31(29-62)48-50-35-17-9-13-21-39(35)52(40-22-14-10-18-36(40)50)57(48)55(46)54(42)58(43)63/h7-27,49-52H,1-6H3. The summed E-state index contributed by atoms with van der Waals surface area (Å²) in [6, 6.07) is 53.3. The second-order valence-corrected chi connectivity index (χ2v) is 20.9. The van der Waals surface area contributed by atoms with Crippen molar-refractivity contribution in [1.82, 2.24) is 4.40 Å². The Labute approximate surface area is 366 Å². The van der Waals surface area contributed by atoms with Crippen LogP contribution in [0.4, 0.5) is 0 Å². The molecule has 8 aromatic carbocycles. The van der Waals surface area contributed by atoms with E-state index in [2.05, 4.69) is 185 Å². The predicted molar refractivity (Wildman–Crippen MR) is 255 cm³/mol. The first-order valence-corrected chi connectivity index (χ1v) is 22.5. The van der Waals surface area contributed by atoms with E-state index in [1.807, 2.05) is 0 Å². The largest absolute Gasteiger partial charge is 0.308 e. The zero-order valence-corrected chi connectivity index (χ0v) is 36.3. The third-order valence-corrected chi connectivity index (χ3v) is 15.8. The summed E-state index contributed by atoms with van der Waals surface area (Å²) in [4.78, 5) is 0. The Balaban J connectivity index is 1.26. The maximum Gasteiger partial charge on any atom is 0.0995 e. The van der Waals surface area contributed by atoms with Crippen LogP contribution in [0.5, 0.6) is 0 Å². The monoisotopic (exact) mass is 805 g/mol. The van der Waals surface area contributed by atoms with Crippen molar-refractivity contribution in [2.24, 2.45) is 0 Å². The maximum atomic E-state index is 11.3. The molecule has 0 aliphatic heterocycles. The third-order valence-electron chi connectivity index (χ3n) is 15.8. The van der Waals surface area contributed by atoms with E-state index in [-0.39, 0.29) is 34.5 Å². The highest BCUT2D eigenvalue weighted by atomic mass is 14.9. The van der Waals surface area contributed by atoms with Gasteiger partial charge in [-0.25, -0.2) is 0 Å². The fourth-order valence-corrected chi connectivity index (χ4v) is 13.4. The van der Waals surface area contributed by atoms with Gasteiger partial charge in [0.05, 0.1) is 39.8 Å². The number of rotatable bonds is 0. The molecular weight excluding hydrogens is 763 g/mol. The highest BCUT2D eigenvalue weighted by molar-refractivity contribution is 6.33. The summed E-state index contributed by atoms with van der Waals surface area (Å²) in [7, 11) is 0. The van der Waals surface area contributed by atoms with E-state index in [1.54, 1.807) is 0 Å². The van der Waals surface area contributed by atoms with Crippen LogP contribution in [0.1, 0.15) is 154 Å². The molecule has 10 aromatic rings. The maximum absolute atomic E-state index is 11.3. The van der Waals surface area contributed by atoms with Crippen molar-refractivity contribution in [2.75, 3.05) is 0 Å². The van der Waals surface area contributed by atoms with Gasteiger partial charge in [-0.2, -0.15) is 10.5 Å². The van der Waals surface area contributed by atoms with Crippen LogP contribution in [0.2, 0.25) is 0 Å². The van der Waals surface area contributed by atoms with Crippen molar-refractivity contribution in [3.63, 3.8) is 0 Å². The van der Waals surface area contributed by atoms with Crippen LogP contribution in [-0.2, 0) is 10.8 Å². The molecule has 298 valence electrons. The normalized spacial score (nSPS) is 18.9. The quantitative estimate of drug-likeness (QED) is 0.153. The molecule has 6 aliphatic carbocycles. The van der Waals surface area contributed by atoms with Gasteiger partial charge in [-0.05, 0) is 124 Å². The molecule has 0 amide bonds. The molecule has 0 spiro atoms. The van der Waals surface area contributed by atoms with Gasteiger partial charge in [0.1, 0.15) is 0 Å². The molecule has 0 N–H and O–H groups in total. The van der Waals surface area contributed by atoms with Gasteiger partial charge in [-0.15, -0.1) is 0 Å². The van der Waals surface area contributed by atoms with Crippen molar-refractivity contribution in [3.05, 3.63) is 216 Å². The first kappa shape index (κ1) is 35.4. The Morgan fingerprint density at radius 1 is 0.413 bits per heavy atom. The highest BCUT2D eigenvalue weighted by Gasteiger charge is 2.47. The molecule has 0 radical (unpaired) electrons. The van der Waals surface area contributed by atoms with Crippen molar-refractivity contribution in [2.45, 2.75) is 76.0 Å². The van der Waals surface area contributed by atoms with Gasteiger partial charge in [-0.3, -0.25) is 0 Å². The number of hydrogen-bond donors (Lipinski definition) is 0. The summed E-state index contributed by atoms with van der Waals surface area (Å²) in [5, 5.41) is 30.2. The zero-order chi connectivity index (χ0) is 42.6. The smallest absolute Gasteiger partial charge is 0.0995 e. The summed E-state index contributed by atoms with van der Waals surface area (Å²) < 4.78 is 2.48. The average Bonchev–Trinajstić information content (AvgIpc) is 3.81. The van der Waals surface area contributed by atoms with Crippen LogP contribution in [0.25, 0.3) is 48.9 Å². The molecule has 0 unspecified atom stereocenters. The lowest BCUT2D eigenvalue weighted by atomic mass is 9.59. The topological polar surface area (TPSA) is 52.0 Å². The first-order valence-electron chi connectivity index (χ1n) is 22.5. The van der Waals surface area contributed by atoms with E-state index in [0.29, 0.717) is 0 Å². The Morgan fingerprint density at radius 2 is 0.810 bits per heavy atom. The third kappa shape index (κ3) is 4.11. The van der Waals surface area contributed by atoms with Crippen LogP contribution < -0.4 is 0 Å². The lowest BCUT2D eigenvalue weighted by Crippen LogP contribution is -2.28. The molecule has 0 fully saturated rings. The number of nitriles is 2. The molecule has 3 heteroatoms. The van der Waals surface area contributed by atoms with E-state index in [1.165, 1.54) is 105 Å². The van der Waals surface area contributed by atoms with E-state index in [9.17, 15) is 10.5 Å². The van der Waals surface area contributed by atoms with E-state index in [0.717, 1.165) is 33.3 Å². The molecule has 4 bridgehead atoms. The number of hydrogen-bond acceptors (Lipinski definition) is 2. The Hall–Kier alpha value is -7.20. The van der Waals surface area contributed by atoms with Crippen LogP contribution in [0, 0.1) is 22.7 Å². The van der Waals surface area contributed by atoms with Gasteiger partial charge in [0.25, 0.3) is 0 Å². The van der Waals surface area contributed by atoms with E-state index >= 15 is 0 Å². The lowest BCUT2D eigenvalue weighted by molar-refractivity contribution is 0.573. The molecule has 0 saturated heterocycles. The summed E-state index contributed by atoms with van der Waals surface area (Å²) in [5.74, 6) is -0.114. The molecular formula is C60H43N3. The molecule has 16 rings (SSSR count). The zero-order valence-electron chi connectivity index (χ0n) is 36.3. The van der Waals surface area contributed by atoms with Crippen LogP contribution in [-0.4, -0.2) is 4.40 Å². The Morgan fingerprint density at radius 3 is 1.21 bits per heavy atom. The van der Waals surface area contributed by atoms with Gasteiger partial charge in [-0.1, -0.05) is 145 Å². The van der Waals surface area contributed by atoms with E-state index in [4.69, 9.17) is 0 Å². The number of nitrogens with zero attached hydrogens (tertiary/aromatic N) is 3. The fourth-order valence-electron chi connectivity index (χ4n) is 13.4. The molecule has 6 aliphatic rings. The SMILES string of the molecule is CC(C)(C)c1cc(C(C)(C)C)c2cc3c4c5c(c(C#N)cc4n4c6cc(C#N)c7c(c6c(c2c1)c34)C1c2ccccc2C7c2ccccc21)C1c2ccccc2C5c2ccccc21. The lowest BCUT2D eigenvalue weighted by Gasteiger charge is -2.43. The Bertz CT molecular complexity index is 3770.